The average molecular weight is 449 g/mol. The van der Waals surface area contributed by atoms with Crippen molar-refractivity contribution < 1.29 is 27.6 Å². The monoisotopic (exact) mass is 449 g/mol. The molecule has 1 N–H and O–H groups in total. The van der Waals surface area contributed by atoms with E-state index < -0.39 is 27.5 Å². The molecule has 2 aromatic rings. The summed E-state index contributed by atoms with van der Waals surface area (Å²) < 4.78 is 37.5. The Bertz CT molecular complexity index is 1070. The van der Waals surface area contributed by atoms with Crippen LogP contribution in [0, 0.1) is 10.1 Å². The zero-order valence-corrected chi connectivity index (χ0v) is 17.8. The van der Waals surface area contributed by atoms with E-state index in [-0.39, 0.29) is 22.1 Å². The molecule has 0 aromatic heterocycles. The van der Waals surface area contributed by atoms with Gasteiger partial charge in [0.2, 0.25) is 10.0 Å². The van der Waals surface area contributed by atoms with Crippen LogP contribution in [0.15, 0.2) is 47.4 Å². The predicted octanol–water partition coefficient (Wildman–Crippen LogP) is 2.80. The quantitative estimate of drug-likeness (QED) is 0.485. The molecule has 2 aromatic carbocycles. The number of nitrogens with zero attached hydrogens (tertiary/aromatic N) is 2. The average Bonchev–Trinajstić information content (AvgIpc) is 2.78. The van der Waals surface area contributed by atoms with Crippen molar-refractivity contribution in [2.75, 3.05) is 32.1 Å². The summed E-state index contributed by atoms with van der Waals surface area (Å²) in [6.07, 6.45) is 2.67. The molecule has 1 heterocycles. The molecule has 0 unspecified atom stereocenters. The first-order chi connectivity index (χ1) is 14.8. The van der Waals surface area contributed by atoms with E-state index in [1.165, 1.54) is 35.7 Å². The summed E-state index contributed by atoms with van der Waals surface area (Å²) in [5.74, 6) is -0.262. The molecule has 0 spiro atoms. The van der Waals surface area contributed by atoms with E-state index in [0.29, 0.717) is 18.8 Å². The smallest absolute Gasteiger partial charge is 0.273 e. The number of nitrogens with one attached hydrogen (secondary N) is 1. The maximum absolute atomic E-state index is 12.8. The molecule has 0 saturated carbocycles. The second-order valence-corrected chi connectivity index (χ2v) is 8.86. The third-order valence-electron chi connectivity index (χ3n) is 4.79. The molecule has 0 bridgehead atoms. The molecule has 11 heteroatoms. The maximum Gasteiger partial charge on any atom is 0.273 e. The summed E-state index contributed by atoms with van der Waals surface area (Å²) in [6, 6.07) is 9.82. The van der Waals surface area contributed by atoms with Crippen molar-refractivity contribution in [3.05, 3.63) is 52.6 Å². The molecule has 166 valence electrons. The summed E-state index contributed by atoms with van der Waals surface area (Å²) in [5.41, 5.74) is 0.101. The highest BCUT2D eigenvalue weighted by Crippen LogP contribution is 2.31. The number of amides is 1. The molecular weight excluding hydrogens is 426 g/mol. The van der Waals surface area contributed by atoms with Crippen molar-refractivity contribution in [3.63, 3.8) is 0 Å². The Morgan fingerprint density at radius 1 is 1.13 bits per heavy atom. The number of nitro benzene ring substituents is 1. The van der Waals surface area contributed by atoms with Gasteiger partial charge in [-0.3, -0.25) is 14.9 Å². The first-order valence-electron chi connectivity index (χ1n) is 9.66. The number of sulfonamides is 1. The molecule has 1 aliphatic rings. The minimum Gasteiger partial charge on any atom is -0.493 e. The number of anilines is 1. The number of methoxy groups -OCH3 is 1. The van der Waals surface area contributed by atoms with Crippen LogP contribution in [0.1, 0.15) is 19.3 Å². The highest BCUT2D eigenvalue weighted by molar-refractivity contribution is 7.89. The largest absolute Gasteiger partial charge is 0.493 e. The van der Waals surface area contributed by atoms with Gasteiger partial charge in [0.15, 0.2) is 18.1 Å². The van der Waals surface area contributed by atoms with Gasteiger partial charge in [-0.2, -0.15) is 4.31 Å². The van der Waals surface area contributed by atoms with Gasteiger partial charge in [-0.1, -0.05) is 12.5 Å². The number of carbonyl (C=O) groups is 1. The zero-order valence-electron chi connectivity index (χ0n) is 16.9. The molecule has 10 nitrogen and oxygen atoms in total. The highest BCUT2D eigenvalue weighted by atomic mass is 32.2. The van der Waals surface area contributed by atoms with Gasteiger partial charge in [-0.05, 0) is 37.1 Å². The molecular formula is C20H23N3O7S. The van der Waals surface area contributed by atoms with E-state index in [9.17, 15) is 23.3 Å². The van der Waals surface area contributed by atoms with Gasteiger partial charge in [-0.15, -0.1) is 0 Å². The van der Waals surface area contributed by atoms with Crippen molar-refractivity contribution in [3.8, 4) is 11.5 Å². The van der Waals surface area contributed by atoms with E-state index in [1.807, 2.05) is 0 Å². The Labute approximate surface area is 180 Å². The van der Waals surface area contributed by atoms with Gasteiger partial charge in [-0.25, -0.2) is 8.42 Å². The lowest BCUT2D eigenvalue weighted by Crippen LogP contribution is -2.35. The summed E-state index contributed by atoms with van der Waals surface area (Å²) >= 11 is 0. The van der Waals surface area contributed by atoms with Gasteiger partial charge in [0.1, 0.15) is 0 Å². The minimum absolute atomic E-state index is 0.0493. The van der Waals surface area contributed by atoms with Crippen LogP contribution < -0.4 is 14.8 Å². The SMILES string of the molecule is COc1ccc([N+](=O)[O-])cc1OCC(=O)Nc1cccc(S(=O)(=O)N2CCCCC2)c1. The molecule has 31 heavy (non-hydrogen) atoms. The van der Waals surface area contributed by atoms with E-state index in [2.05, 4.69) is 5.32 Å². The lowest BCUT2D eigenvalue weighted by molar-refractivity contribution is -0.385. The molecule has 1 amide bonds. The number of carbonyl (C=O) groups excluding carboxylic acids is 1. The van der Waals surface area contributed by atoms with Gasteiger partial charge < -0.3 is 14.8 Å². The maximum atomic E-state index is 12.8. The fourth-order valence-corrected chi connectivity index (χ4v) is 4.78. The Kier molecular flexibility index (Phi) is 7.08. The van der Waals surface area contributed by atoms with Gasteiger partial charge >= 0.3 is 0 Å². The number of hydrogen-bond donors (Lipinski definition) is 1. The van der Waals surface area contributed by atoms with Crippen LogP contribution in [0.4, 0.5) is 11.4 Å². The molecule has 3 rings (SSSR count). The van der Waals surface area contributed by atoms with Crippen molar-refractivity contribution in [2.24, 2.45) is 0 Å². The topological polar surface area (TPSA) is 128 Å². The third-order valence-corrected chi connectivity index (χ3v) is 6.68. The van der Waals surface area contributed by atoms with Crippen LogP contribution in [-0.4, -0.2) is 50.4 Å². The fourth-order valence-electron chi connectivity index (χ4n) is 3.22. The molecule has 1 fully saturated rings. The Morgan fingerprint density at radius 2 is 1.87 bits per heavy atom. The number of non-ortho nitro benzene ring substituents is 1. The Morgan fingerprint density at radius 3 is 2.55 bits per heavy atom. The van der Waals surface area contributed by atoms with E-state index >= 15 is 0 Å². The summed E-state index contributed by atoms with van der Waals surface area (Å²) in [7, 11) is -2.25. The first-order valence-corrected chi connectivity index (χ1v) is 11.1. The van der Waals surface area contributed by atoms with E-state index in [4.69, 9.17) is 9.47 Å². The van der Waals surface area contributed by atoms with Crippen molar-refractivity contribution in [1.29, 1.82) is 0 Å². The Hall–Kier alpha value is -3.18. The van der Waals surface area contributed by atoms with Crippen LogP contribution >= 0.6 is 0 Å². The van der Waals surface area contributed by atoms with Crippen LogP contribution in [0.25, 0.3) is 0 Å². The molecule has 0 atom stereocenters. The summed E-state index contributed by atoms with van der Waals surface area (Å²) in [4.78, 5) is 22.8. The second kappa shape index (κ2) is 9.75. The van der Waals surface area contributed by atoms with Gasteiger partial charge in [0, 0.05) is 24.8 Å². The molecule has 1 saturated heterocycles. The minimum atomic E-state index is -3.63. The first kappa shape index (κ1) is 22.5. The summed E-state index contributed by atoms with van der Waals surface area (Å²) in [6.45, 7) is 0.524. The van der Waals surface area contributed by atoms with Gasteiger partial charge in [0.25, 0.3) is 11.6 Å². The van der Waals surface area contributed by atoms with E-state index in [0.717, 1.165) is 25.3 Å². The number of nitro groups is 1. The fraction of sp³-hybridized carbons (Fsp3) is 0.350. The lowest BCUT2D eigenvalue weighted by atomic mass is 10.2. The predicted molar refractivity (Wildman–Crippen MR) is 113 cm³/mol. The summed E-state index contributed by atoms with van der Waals surface area (Å²) in [5, 5.41) is 13.5. The van der Waals surface area contributed by atoms with Crippen molar-refractivity contribution in [1.82, 2.24) is 4.31 Å². The van der Waals surface area contributed by atoms with Crippen molar-refractivity contribution >= 4 is 27.3 Å². The second-order valence-electron chi connectivity index (χ2n) is 6.92. The number of rotatable bonds is 8. The zero-order chi connectivity index (χ0) is 22.4. The van der Waals surface area contributed by atoms with Crippen LogP contribution in [0.5, 0.6) is 11.5 Å². The number of ether oxygens (including phenoxy) is 2. The third kappa shape index (κ3) is 5.50. The molecule has 0 aliphatic carbocycles. The van der Waals surface area contributed by atoms with Crippen LogP contribution in [0.3, 0.4) is 0 Å². The standard InChI is InChI=1S/C20H23N3O7S/c1-29-18-9-8-16(23(25)26)13-19(18)30-14-20(24)21-15-6-5-7-17(12-15)31(27,28)22-10-3-2-4-11-22/h5-9,12-13H,2-4,10-11,14H2,1H3,(H,21,24). The van der Waals surface area contributed by atoms with Crippen molar-refractivity contribution in [2.45, 2.75) is 24.2 Å². The number of piperidine rings is 1. The highest BCUT2D eigenvalue weighted by Gasteiger charge is 2.26. The van der Waals surface area contributed by atoms with Crippen LogP contribution in [0.2, 0.25) is 0 Å². The Balaban J connectivity index is 1.67. The number of benzene rings is 2. The molecule has 1 aliphatic heterocycles. The van der Waals surface area contributed by atoms with Crippen LogP contribution in [-0.2, 0) is 14.8 Å². The van der Waals surface area contributed by atoms with E-state index in [1.54, 1.807) is 12.1 Å². The normalized spacial score (nSPS) is 14.6. The van der Waals surface area contributed by atoms with Gasteiger partial charge in [0.05, 0.1) is 23.0 Å². The number of hydrogen-bond acceptors (Lipinski definition) is 7. The molecule has 0 radical (unpaired) electrons. The lowest BCUT2D eigenvalue weighted by Gasteiger charge is -2.26.